The van der Waals surface area contributed by atoms with Crippen molar-refractivity contribution in [1.82, 2.24) is 9.78 Å². The molecule has 0 aliphatic carbocycles. The Labute approximate surface area is 122 Å². The number of carbonyl (C=O) groups excluding carboxylic acids is 1. The van der Waals surface area contributed by atoms with E-state index in [4.69, 9.17) is 0 Å². The molecule has 0 fully saturated rings. The first-order valence-corrected chi connectivity index (χ1v) is 6.78. The number of nitro benzene ring substituents is 1. The van der Waals surface area contributed by atoms with Crippen molar-refractivity contribution in [2.24, 2.45) is 0 Å². The molecule has 0 aliphatic heterocycles. The fraction of sp³-hybridized carbons (Fsp3) is 0.333. The summed E-state index contributed by atoms with van der Waals surface area (Å²) in [7, 11) is 0. The van der Waals surface area contributed by atoms with Crippen molar-refractivity contribution in [3.63, 3.8) is 0 Å². The van der Waals surface area contributed by atoms with E-state index in [0.717, 1.165) is 12.7 Å². The van der Waals surface area contributed by atoms with Crippen LogP contribution in [0.25, 0.3) is 11.3 Å². The molecule has 1 unspecified atom stereocenters. The number of benzene rings is 1. The van der Waals surface area contributed by atoms with Crippen molar-refractivity contribution in [2.75, 3.05) is 0 Å². The number of nitro groups is 1. The van der Waals surface area contributed by atoms with E-state index < -0.39 is 4.92 Å². The van der Waals surface area contributed by atoms with E-state index in [1.165, 1.54) is 6.07 Å². The molecule has 1 aromatic carbocycles. The van der Waals surface area contributed by atoms with E-state index in [9.17, 15) is 14.9 Å². The molecule has 6 heteroatoms. The van der Waals surface area contributed by atoms with Gasteiger partial charge in [0.25, 0.3) is 5.69 Å². The first-order valence-electron chi connectivity index (χ1n) is 6.78. The average molecular weight is 287 g/mol. The number of rotatable bonds is 5. The monoisotopic (exact) mass is 287 g/mol. The van der Waals surface area contributed by atoms with E-state index in [1.54, 1.807) is 29.9 Å². The normalized spacial score (nSPS) is 12.1. The van der Waals surface area contributed by atoms with Crippen LogP contribution >= 0.6 is 0 Å². The molecule has 0 bridgehead atoms. The van der Waals surface area contributed by atoms with Gasteiger partial charge in [0.2, 0.25) is 0 Å². The first kappa shape index (κ1) is 14.9. The van der Waals surface area contributed by atoms with Crippen molar-refractivity contribution in [2.45, 2.75) is 33.2 Å². The van der Waals surface area contributed by atoms with E-state index >= 15 is 0 Å². The van der Waals surface area contributed by atoms with Crippen LogP contribution < -0.4 is 0 Å². The number of aldehydes is 1. The van der Waals surface area contributed by atoms with Crippen molar-refractivity contribution < 1.29 is 9.72 Å². The van der Waals surface area contributed by atoms with Crippen LogP contribution in [0.2, 0.25) is 0 Å². The molecule has 110 valence electrons. The third kappa shape index (κ3) is 2.69. The molecule has 0 N–H and O–H groups in total. The fourth-order valence-electron chi connectivity index (χ4n) is 2.19. The summed E-state index contributed by atoms with van der Waals surface area (Å²) in [5, 5.41) is 15.5. The Morgan fingerprint density at radius 3 is 2.76 bits per heavy atom. The molecular formula is C15H17N3O3. The van der Waals surface area contributed by atoms with E-state index in [2.05, 4.69) is 5.10 Å². The summed E-state index contributed by atoms with van der Waals surface area (Å²) in [6, 6.07) is 4.97. The summed E-state index contributed by atoms with van der Waals surface area (Å²) in [5.74, 6) is 0. The Morgan fingerprint density at radius 1 is 1.48 bits per heavy atom. The summed E-state index contributed by atoms with van der Waals surface area (Å²) in [6.07, 6.45) is 3.31. The SMILES string of the molecule is CCC(C)n1cc(C=O)c(-c2cccc([N+](=O)[O-])c2C)n1. The maximum Gasteiger partial charge on any atom is 0.272 e. The predicted molar refractivity (Wildman–Crippen MR) is 79.4 cm³/mol. The van der Waals surface area contributed by atoms with Gasteiger partial charge in [0.05, 0.1) is 10.5 Å². The Morgan fingerprint density at radius 2 is 2.19 bits per heavy atom. The van der Waals surface area contributed by atoms with Crippen molar-refractivity contribution in [1.29, 1.82) is 0 Å². The van der Waals surface area contributed by atoms with Crippen LogP contribution in [0.1, 0.15) is 42.2 Å². The van der Waals surface area contributed by atoms with Gasteiger partial charge < -0.3 is 0 Å². The van der Waals surface area contributed by atoms with Crippen LogP contribution in [0.15, 0.2) is 24.4 Å². The Hall–Kier alpha value is -2.50. The maximum atomic E-state index is 11.3. The van der Waals surface area contributed by atoms with Gasteiger partial charge >= 0.3 is 0 Å². The topological polar surface area (TPSA) is 78.0 Å². The van der Waals surface area contributed by atoms with Crippen LogP contribution in [-0.4, -0.2) is 21.0 Å². The highest BCUT2D eigenvalue weighted by Crippen LogP contribution is 2.31. The quantitative estimate of drug-likeness (QED) is 0.478. The lowest BCUT2D eigenvalue weighted by molar-refractivity contribution is -0.385. The number of hydrogen-bond donors (Lipinski definition) is 0. The fourth-order valence-corrected chi connectivity index (χ4v) is 2.19. The van der Waals surface area contributed by atoms with Crippen LogP contribution in [0.5, 0.6) is 0 Å². The van der Waals surface area contributed by atoms with Gasteiger partial charge in [0.15, 0.2) is 6.29 Å². The lowest BCUT2D eigenvalue weighted by Gasteiger charge is -2.08. The van der Waals surface area contributed by atoms with Gasteiger partial charge in [0, 0.05) is 29.4 Å². The third-order valence-corrected chi connectivity index (χ3v) is 3.69. The lowest BCUT2D eigenvalue weighted by Crippen LogP contribution is -2.04. The van der Waals surface area contributed by atoms with Gasteiger partial charge in [0.1, 0.15) is 5.69 Å². The van der Waals surface area contributed by atoms with E-state index in [-0.39, 0.29) is 11.7 Å². The highest BCUT2D eigenvalue weighted by atomic mass is 16.6. The van der Waals surface area contributed by atoms with Gasteiger partial charge in [-0.15, -0.1) is 0 Å². The molecule has 1 aromatic heterocycles. The molecule has 2 aromatic rings. The van der Waals surface area contributed by atoms with Crippen LogP contribution in [0.4, 0.5) is 5.69 Å². The van der Waals surface area contributed by atoms with Crippen molar-refractivity contribution in [3.8, 4) is 11.3 Å². The van der Waals surface area contributed by atoms with Crippen LogP contribution in [-0.2, 0) is 0 Å². The molecule has 0 saturated carbocycles. The Kier molecular flexibility index (Phi) is 4.16. The van der Waals surface area contributed by atoms with Crippen LogP contribution in [0.3, 0.4) is 0 Å². The summed E-state index contributed by atoms with van der Waals surface area (Å²) in [5.41, 5.74) is 2.10. The lowest BCUT2D eigenvalue weighted by atomic mass is 10.0. The minimum absolute atomic E-state index is 0.0300. The van der Waals surface area contributed by atoms with Crippen molar-refractivity contribution >= 4 is 12.0 Å². The highest BCUT2D eigenvalue weighted by Gasteiger charge is 2.19. The van der Waals surface area contributed by atoms with Crippen molar-refractivity contribution in [3.05, 3.63) is 45.6 Å². The molecule has 2 rings (SSSR count). The number of nitrogens with zero attached hydrogens (tertiary/aromatic N) is 3. The molecular weight excluding hydrogens is 270 g/mol. The highest BCUT2D eigenvalue weighted by molar-refractivity contribution is 5.87. The molecule has 0 aliphatic rings. The molecule has 0 saturated heterocycles. The zero-order valence-corrected chi connectivity index (χ0v) is 12.2. The van der Waals surface area contributed by atoms with E-state index in [1.807, 2.05) is 13.8 Å². The molecule has 0 amide bonds. The average Bonchev–Trinajstić information content (AvgIpc) is 2.90. The molecule has 0 spiro atoms. The second-order valence-corrected chi connectivity index (χ2v) is 4.99. The molecule has 21 heavy (non-hydrogen) atoms. The zero-order valence-electron chi connectivity index (χ0n) is 12.2. The third-order valence-electron chi connectivity index (χ3n) is 3.69. The molecule has 0 radical (unpaired) electrons. The van der Waals surface area contributed by atoms with E-state index in [0.29, 0.717) is 22.4 Å². The molecule has 1 heterocycles. The Bertz CT molecular complexity index is 691. The number of aromatic nitrogens is 2. The predicted octanol–water partition coefficient (Wildman–Crippen LogP) is 3.55. The summed E-state index contributed by atoms with van der Waals surface area (Å²) in [4.78, 5) is 21.9. The summed E-state index contributed by atoms with van der Waals surface area (Å²) < 4.78 is 1.73. The minimum Gasteiger partial charge on any atom is -0.298 e. The zero-order chi connectivity index (χ0) is 15.6. The molecule has 6 nitrogen and oxygen atoms in total. The first-order chi connectivity index (χ1) is 9.99. The smallest absolute Gasteiger partial charge is 0.272 e. The maximum absolute atomic E-state index is 11.3. The van der Waals surface area contributed by atoms with Gasteiger partial charge in [-0.2, -0.15) is 5.10 Å². The van der Waals surface area contributed by atoms with Crippen LogP contribution in [0, 0.1) is 17.0 Å². The minimum atomic E-state index is -0.426. The number of carbonyl (C=O) groups is 1. The Balaban J connectivity index is 2.61. The number of hydrogen-bond acceptors (Lipinski definition) is 4. The van der Waals surface area contributed by atoms with Gasteiger partial charge in [-0.1, -0.05) is 19.1 Å². The van der Waals surface area contributed by atoms with Gasteiger partial charge in [-0.3, -0.25) is 19.6 Å². The summed E-state index contributed by atoms with van der Waals surface area (Å²) >= 11 is 0. The molecule has 1 atom stereocenters. The largest absolute Gasteiger partial charge is 0.298 e. The standard InChI is InChI=1S/C15H17N3O3/c1-4-10(2)17-8-12(9-19)15(16-17)13-6-5-7-14(11(13)3)18(20)21/h5-10H,4H2,1-3H3. The summed E-state index contributed by atoms with van der Waals surface area (Å²) in [6.45, 7) is 5.71. The van der Waals surface area contributed by atoms with Gasteiger partial charge in [-0.05, 0) is 20.3 Å². The second-order valence-electron chi connectivity index (χ2n) is 4.99. The van der Waals surface area contributed by atoms with Gasteiger partial charge in [-0.25, -0.2) is 0 Å². The second kappa shape index (κ2) is 5.87.